The molecule has 1 atom stereocenters. The predicted octanol–water partition coefficient (Wildman–Crippen LogP) is 4.25. The molecular weight excluding hydrogens is 390 g/mol. The van der Waals surface area contributed by atoms with E-state index in [1.54, 1.807) is 43.3 Å². The molecule has 3 aromatic carbocycles. The molecule has 6 heteroatoms. The minimum atomic E-state index is -0.621. The minimum absolute atomic E-state index is 0.0485. The van der Waals surface area contributed by atoms with Crippen molar-refractivity contribution in [3.8, 4) is 5.75 Å². The van der Waals surface area contributed by atoms with Crippen molar-refractivity contribution >= 4 is 23.2 Å². The van der Waals surface area contributed by atoms with Gasteiger partial charge in [0.15, 0.2) is 0 Å². The first-order valence-electron chi connectivity index (χ1n) is 10.0. The zero-order valence-corrected chi connectivity index (χ0v) is 18.0. The summed E-state index contributed by atoms with van der Waals surface area (Å²) < 4.78 is 5.14. The number of benzene rings is 3. The molecule has 0 fully saturated rings. The maximum atomic E-state index is 13.2. The molecule has 0 aliphatic rings. The normalized spacial score (nSPS) is 11.6. The number of ether oxygens (including phenoxy) is 1. The molecule has 1 unspecified atom stereocenters. The van der Waals surface area contributed by atoms with Crippen molar-refractivity contribution in [3.63, 3.8) is 0 Å². The predicted molar refractivity (Wildman–Crippen MR) is 123 cm³/mol. The third-order valence-corrected chi connectivity index (χ3v) is 4.89. The molecule has 3 aromatic rings. The van der Waals surface area contributed by atoms with Crippen LogP contribution >= 0.6 is 0 Å². The molecule has 31 heavy (non-hydrogen) atoms. The molecule has 0 saturated carbocycles. The molecule has 0 aromatic heterocycles. The molecule has 160 valence electrons. The Morgan fingerprint density at radius 2 is 1.45 bits per heavy atom. The topological polar surface area (TPSA) is 70.7 Å². The van der Waals surface area contributed by atoms with Crippen LogP contribution in [-0.2, 0) is 9.59 Å². The van der Waals surface area contributed by atoms with Crippen molar-refractivity contribution in [3.05, 3.63) is 90.0 Å². The van der Waals surface area contributed by atoms with Gasteiger partial charge in [-0.15, -0.1) is 0 Å². The zero-order chi connectivity index (χ0) is 22.2. The van der Waals surface area contributed by atoms with Crippen molar-refractivity contribution in [1.82, 2.24) is 4.90 Å². The molecule has 6 nitrogen and oxygen atoms in total. The smallest absolute Gasteiger partial charge is 0.246 e. The number of anilines is 2. The molecular formula is C25H27N3O3. The highest BCUT2D eigenvalue weighted by Crippen LogP contribution is 2.22. The summed E-state index contributed by atoms with van der Waals surface area (Å²) in [7, 11) is 3.36. The molecule has 0 aliphatic carbocycles. The highest BCUT2D eigenvalue weighted by molar-refractivity contribution is 5.97. The fourth-order valence-electron chi connectivity index (χ4n) is 3.28. The lowest BCUT2D eigenvalue weighted by molar-refractivity contribution is -0.123. The zero-order valence-electron chi connectivity index (χ0n) is 18.0. The Bertz CT molecular complexity index is 1000. The first-order chi connectivity index (χ1) is 15.0. The van der Waals surface area contributed by atoms with E-state index in [9.17, 15) is 9.59 Å². The van der Waals surface area contributed by atoms with E-state index < -0.39 is 6.04 Å². The van der Waals surface area contributed by atoms with Crippen molar-refractivity contribution in [1.29, 1.82) is 0 Å². The highest BCUT2D eigenvalue weighted by Gasteiger charge is 2.26. The van der Waals surface area contributed by atoms with E-state index in [-0.39, 0.29) is 18.4 Å². The summed E-state index contributed by atoms with van der Waals surface area (Å²) in [5, 5.41) is 5.82. The first kappa shape index (κ1) is 22.1. The highest BCUT2D eigenvalue weighted by atomic mass is 16.5. The van der Waals surface area contributed by atoms with Gasteiger partial charge in [-0.2, -0.15) is 0 Å². The molecule has 3 rings (SSSR count). The lowest BCUT2D eigenvalue weighted by Gasteiger charge is -2.27. The summed E-state index contributed by atoms with van der Waals surface area (Å²) in [6.07, 6.45) is 0. The number of hydrogen-bond donors (Lipinski definition) is 2. The van der Waals surface area contributed by atoms with Crippen LogP contribution in [0.15, 0.2) is 78.9 Å². The Kier molecular flexibility index (Phi) is 7.40. The Balaban J connectivity index is 1.72. The number of aryl methyl sites for hydroxylation is 1. The Hall–Kier alpha value is -3.64. The van der Waals surface area contributed by atoms with E-state index in [2.05, 4.69) is 10.6 Å². The maximum absolute atomic E-state index is 13.2. The van der Waals surface area contributed by atoms with Gasteiger partial charge in [-0.25, -0.2) is 0 Å². The van der Waals surface area contributed by atoms with Gasteiger partial charge in [-0.3, -0.25) is 14.5 Å². The van der Waals surface area contributed by atoms with Gasteiger partial charge in [0, 0.05) is 11.4 Å². The largest absolute Gasteiger partial charge is 0.497 e. The number of nitrogens with one attached hydrogen (secondary N) is 2. The van der Waals surface area contributed by atoms with Gasteiger partial charge in [0.2, 0.25) is 11.8 Å². The van der Waals surface area contributed by atoms with E-state index in [4.69, 9.17) is 4.74 Å². The van der Waals surface area contributed by atoms with Crippen LogP contribution in [0.3, 0.4) is 0 Å². The van der Waals surface area contributed by atoms with Gasteiger partial charge in [0.25, 0.3) is 0 Å². The molecule has 0 aliphatic heterocycles. The molecule has 0 radical (unpaired) electrons. The summed E-state index contributed by atoms with van der Waals surface area (Å²) in [5.41, 5.74) is 3.31. The van der Waals surface area contributed by atoms with Crippen LogP contribution in [0.1, 0.15) is 17.2 Å². The Morgan fingerprint density at radius 3 is 2.06 bits per heavy atom. The van der Waals surface area contributed by atoms with E-state index in [0.29, 0.717) is 17.1 Å². The van der Waals surface area contributed by atoms with Gasteiger partial charge >= 0.3 is 0 Å². The fraction of sp³-hybridized carbons (Fsp3) is 0.200. The lowest BCUT2D eigenvalue weighted by atomic mass is 10.0. The Labute approximate surface area is 182 Å². The van der Waals surface area contributed by atoms with Crippen molar-refractivity contribution in [2.45, 2.75) is 13.0 Å². The van der Waals surface area contributed by atoms with E-state index in [1.807, 2.05) is 61.5 Å². The van der Waals surface area contributed by atoms with Crippen LogP contribution < -0.4 is 15.4 Å². The standard InChI is InChI=1S/C25H27N3O3/c1-18-9-11-21(12-10-18)27-25(30)24(19-7-5-4-6-8-19)28(2)17-23(29)26-20-13-15-22(31-3)16-14-20/h4-16,24H,17H2,1-3H3,(H,26,29)(H,27,30). The second-order valence-corrected chi connectivity index (χ2v) is 7.36. The van der Waals surface area contributed by atoms with Crippen molar-refractivity contribution in [2.75, 3.05) is 31.3 Å². The van der Waals surface area contributed by atoms with Crippen LogP contribution in [0.4, 0.5) is 11.4 Å². The van der Waals surface area contributed by atoms with E-state index in [0.717, 1.165) is 11.1 Å². The van der Waals surface area contributed by atoms with E-state index >= 15 is 0 Å². The number of carbonyl (C=O) groups is 2. The second kappa shape index (κ2) is 10.4. The summed E-state index contributed by atoms with van der Waals surface area (Å²) in [6.45, 7) is 2.04. The SMILES string of the molecule is COc1ccc(NC(=O)CN(C)C(C(=O)Nc2ccc(C)cc2)c2ccccc2)cc1. The summed E-state index contributed by atoms with van der Waals surface area (Å²) in [5.74, 6) is 0.304. The van der Waals surface area contributed by atoms with Crippen molar-refractivity contribution in [2.24, 2.45) is 0 Å². The summed E-state index contributed by atoms with van der Waals surface area (Å²) in [4.78, 5) is 27.5. The quantitative estimate of drug-likeness (QED) is 0.575. The number of methoxy groups -OCH3 is 1. The minimum Gasteiger partial charge on any atom is -0.497 e. The number of amides is 2. The number of carbonyl (C=O) groups excluding carboxylic acids is 2. The number of likely N-dealkylation sites (N-methyl/N-ethyl adjacent to an activating group) is 1. The van der Waals surface area contributed by atoms with Crippen LogP contribution in [0.5, 0.6) is 5.75 Å². The molecule has 2 N–H and O–H groups in total. The number of rotatable bonds is 8. The third-order valence-electron chi connectivity index (χ3n) is 4.89. The molecule has 0 saturated heterocycles. The molecule has 0 spiro atoms. The van der Waals surface area contributed by atoms with Crippen LogP contribution in [0.2, 0.25) is 0 Å². The fourth-order valence-corrected chi connectivity index (χ4v) is 3.28. The lowest BCUT2D eigenvalue weighted by Crippen LogP contribution is -2.39. The number of nitrogens with zero attached hydrogens (tertiary/aromatic N) is 1. The average molecular weight is 418 g/mol. The maximum Gasteiger partial charge on any atom is 0.246 e. The van der Waals surface area contributed by atoms with E-state index in [1.165, 1.54) is 0 Å². The summed E-state index contributed by atoms with van der Waals surface area (Å²) >= 11 is 0. The monoisotopic (exact) mass is 417 g/mol. The van der Waals surface area contributed by atoms with Crippen LogP contribution in [0.25, 0.3) is 0 Å². The van der Waals surface area contributed by atoms with Gasteiger partial charge in [-0.05, 0) is 55.9 Å². The molecule has 0 bridgehead atoms. The van der Waals surface area contributed by atoms with Gasteiger partial charge in [0.1, 0.15) is 11.8 Å². The third kappa shape index (κ3) is 6.17. The first-order valence-corrected chi connectivity index (χ1v) is 10.0. The average Bonchev–Trinajstić information content (AvgIpc) is 2.76. The second-order valence-electron chi connectivity index (χ2n) is 7.36. The summed E-state index contributed by atoms with van der Waals surface area (Å²) in [6, 6.07) is 23.5. The van der Waals surface area contributed by atoms with Crippen LogP contribution in [-0.4, -0.2) is 37.4 Å². The Morgan fingerprint density at radius 1 is 0.871 bits per heavy atom. The molecule has 2 amide bonds. The number of hydrogen-bond acceptors (Lipinski definition) is 4. The molecule has 0 heterocycles. The van der Waals surface area contributed by atoms with Crippen molar-refractivity contribution < 1.29 is 14.3 Å². The van der Waals surface area contributed by atoms with Crippen LogP contribution in [0, 0.1) is 6.92 Å². The van der Waals surface area contributed by atoms with Gasteiger partial charge in [-0.1, -0.05) is 48.0 Å². The van der Waals surface area contributed by atoms with Gasteiger partial charge in [0.05, 0.1) is 13.7 Å². The van der Waals surface area contributed by atoms with Gasteiger partial charge < -0.3 is 15.4 Å².